The van der Waals surface area contributed by atoms with Crippen LogP contribution in [-0.2, 0) is 4.79 Å². The van der Waals surface area contributed by atoms with E-state index in [0.29, 0.717) is 0 Å². The molecule has 0 saturated carbocycles. The van der Waals surface area contributed by atoms with Gasteiger partial charge in [0, 0.05) is 18.8 Å². The number of carbonyl (C=O) groups is 1. The molecule has 0 radical (unpaired) electrons. The van der Waals surface area contributed by atoms with Crippen molar-refractivity contribution in [2.75, 3.05) is 25.0 Å². The van der Waals surface area contributed by atoms with Crippen LogP contribution in [0.2, 0.25) is 0 Å². The zero-order valence-corrected chi connectivity index (χ0v) is 12.4. The van der Waals surface area contributed by atoms with E-state index in [1.165, 1.54) is 0 Å². The molecule has 114 valence electrons. The molecule has 1 aromatic rings. The molecule has 0 aromatic heterocycles. The van der Waals surface area contributed by atoms with Gasteiger partial charge in [0.15, 0.2) is 0 Å². The topological polar surface area (TPSA) is 52.6 Å². The zero-order valence-electron chi connectivity index (χ0n) is 12.4. The molecule has 2 heterocycles. The highest BCUT2D eigenvalue weighted by molar-refractivity contribution is 5.86. The van der Waals surface area contributed by atoms with Gasteiger partial charge in [-0.05, 0) is 30.9 Å². The first-order valence-electron chi connectivity index (χ1n) is 8.05. The summed E-state index contributed by atoms with van der Waals surface area (Å²) in [4.78, 5) is 15.0. The van der Waals surface area contributed by atoms with Crippen molar-refractivity contribution in [1.82, 2.24) is 4.90 Å². The largest absolute Gasteiger partial charge is 0.394 e. The van der Waals surface area contributed by atoms with Gasteiger partial charge in [-0.2, -0.15) is 0 Å². The molecular weight excluding hydrogens is 264 g/mol. The molecule has 2 unspecified atom stereocenters. The van der Waals surface area contributed by atoms with E-state index in [-0.39, 0.29) is 24.5 Å². The normalized spacial score (nSPS) is 25.7. The summed E-state index contributed by atoms with van der Waals surface area (Å²) in [6.45, 7) is 1.71. The number of nitrogens with zero attached hydrogens (tertiary/aromatic N) is 1. The lowest BCUT2D eigenvalue weighted by Crippen LogP contribution is -2.45. The van der Waals surface area contributed by atoms with Crippen molar-refractivity contribution in [3.63, 3.8) is 0 Å². The van der Waals surface area contributed by atoms with Gasteiger partial charge in [-0.25, -0.2) is 0 Å². The number of aliphatic hydroxyl groups is 1. The second-order valence-corrected chi connectivity index (χ2v) is 6.07. The maximum absolute atomic E-state index is 13.0. The summed E-state index contributed by atoms with van der Waals surface area (Å²) in [6, 6.07) is 8.09. The standard InChI is InChI=1S/C17H24N2O2/c20-12-13-6-2-1-5-11-19(13)17(21)15-9-10-18-16-8-4-3-7-14(15)16/h3-4,7-8,13,15,18,20H,1-2,5-6,9-12H2. The Morgan fingerprint density at radius 1 is 1.24 bits per heavy atom. The van der Waals surface area contributed by atoms with Gasteiger partial charge >= 0.3 is 0 Å². The average molecular weight is 288 g/mol. The van der Waals surface area contributed by atoms with Gasteiger partial charge in [-0.15, -0.1) is 0 Å². The zero-order chi connectivity index (χ0) is 14.7. The minimum atomic E-state index is -0.0606. The number of benzene rings is 1. The van der Waals surface area contributed by atoms with Gasteiger partial charge in [0.1, 0.15) is 0 Å². The van der Waals surface area contributed by atoms with Crippen molar-refractivity contribution in [2.45, 2.75) is 44.1 Å². The number of amides is 1. The van der Waals surface area contributed by atoms with Gasteiger partial charge in [-0.3, -0.25) is 4.79 Å². The van der Waals surface area contributed by atoms with Crippen LogP contribution in [-0.4, -0.2) is 41.7 Å². The molecule has 2 aliphatic heterocycles. The van der Waals surface area contributed by atoms with Crippen LogP contribution in [0.15, 0.2) is 24.3 Å². The summed E-state index contributed by atoms with van der Waals surface area (Å²) in [5, 5.41) is 13.0. The molecule has 0 aliphatic carbocycles. The predicted molar refractivity (Wildman–Crippen MR) is 83.3 cm³/mol. The summed E-state index contributed by atoms with van der Waals surface area (Å²) in [7, 11) is 0. The Morgan fingerprint density at radius 2 is 2.10 bits per heavy atom. The van der Waals surface area contributed by atoms with Crippen LogP contribution >= 0.6 is 0 Å². The van der Waals surface area contributed by atoms with Crippen molar-refractivity contribution in [3.8, 4) is 0 Å². The lowest BCUT2D eigenvalue weighted by molar-refractivity contribution is -0.136. The molecule has 21 heavy (non-hydrogen) atoms. The highest BCUT2D eigenvalue weighted by atomic mass is 16.3. The number of likely N-dealkylation sites (tertiary alicyclic amines) is 1. The van der Waals surface area contributed by atoms with Crippen molar-refractivity contribution in [3.05, 3.63) is 29.8 Å². The maximum atomic E-state index is 13.0. The summed E-state index contributed by atoms with van der Waals surface area (Å²) in [6.07, 6.45) is 5.08. The first kappa shape index (κ1) is 14.4. The van der Waals surface area contributed by atoms with Gasteiger partial charge < -0.3 is 15.3 Å². The van der Waals surface area contributed by atoms with Crippen molar-refractivity contribution >= 4 is 11.6 Å². The summed E-state index contributed by atoms with van der Waals surface area (Å²) in [5.41, 5.74) is 2.19. The number of hydrogen-bond donors (Lipinski definition) is 2. The first-order chi connectivity index (χ1) is 10.3. The second-order valence-electron chi connectivity index (χ2n) is 6.07. The lowest BCUT2D eigenvalue weighted by Gasteiger charge is -2.34. The monoisotopic (exact) mass is 288 g/mol. The Kier molecular flexibility index (Phi) is 4.44. The van der Waals surface area contributed by atoms with Gasteiger partial charge in [0.25, 0.3) is 0 Å². The highest BCUT2D eigenvalue weighted by Gasteiger charge is 2.33. The number of hydrogen-bond acceptors (Lipinski definition) is 3. The number of fused-ring (bicyclic) bond motifs is 1. The van der Waals surface area contributed by atoms with Crippen LogP contribution in [0.25, 0.3) is 0 Å². The SMILES string of the molecule is O=C(C1CCNc2ccccc21)N1CCCCCC1CO. The molecule has 2 N–H and O–H groups in total. The third-order valence-electron chi connectivity index (χ3n) is 4.75. The quantitative estimate of drug-likeness (QED) is 0.878. The molecule has 3 rings (SSSR count). The van der Waals surface area contributed by atoms with Crippen LogP contribution in [0, 0.1) is 0 Å². The molecule has 1 saturated heterocycles. The fraction of sp³-hybridized carbons (Fsp3) is 0.588. The van der Waals surface area contributed by atoms with E-state index in [1.54, 1.807) is 0 Å². The van der Waals surface area contributed by atoms with Crippen LogP contribution in [0.5, 0.6) is 0 Å². The molecule has 0 spiro atoms. The number of aliphatic hydroxyl groups excluding tert-OH is 1. The molecular formula is C17H24N2O2. The van der Waals surface area contributed by atoms with Gasteiger partial charge in [0.05, 0.1) is 18.6 Å². The van der Waals surface area contributed by atoms with Crippen molar-refractivity contribution < 1.29 is 9.90 Å². The Hall–Kier alpha value is -1.55. The number of nitrogens with one attached hydrogen (secondary N) is 1. The molecule has 1 amide bonds. The van der Waals surface area contributed by atoms with Crippen LogP contribution < -0.4 is 5.32 Å². The minimum Gasteiger partial charge on any atom is -0.394 e. The second kappa shape index (κ2) is 6.48. The van der Waals surface area contributed by atoms with E-state index >= 15 is 0 Å². The summed E-state index contributed by atoms with van der Waals surface area (Å²) < 4.78 is 0. The van der Waals surface area contributed by atoms with Gasteiger partial charge in [-0.1, -0.05) is 31.0 Å². The van der Waals surface area contributed by atoms with E-state index in [4.69, 9.17) is 0 Å². The minimum absolute atomic E-state index is 0.00190. The number of carbonyl (C=O) groups excluding carboxylic acids is 1. The van der Waals surface area contributed by atoms with Crippen LogP contribution in [0.4, 0.5) is 5.69 Å². The maximum Gasteiger partial charge on any atom is 0.230 e. The molecule has 1 aromatic carbocycles. The summed E-state index contributed by atoms with van der Waals surface area (Å²) in [5.74, 6) is 0.138. The summed E-state index contributed by atoms with van der Waals surface area (Å²) >= 11 is 0. The third-order valence-corrected chi connectivity index (χ3v) is 4.75. The lowest BCUT2D eigenvalue weighted by atomic mass is 9.89. The molecule has 2 atom stereocenters. The number of anilines is 1. The van der Waals surface area contributed by atoms with Crippen molar-refractivity contribution in [2.24, 2.45) is 0 Å². The van der Waals surface area contributed by atoms with E-state index in [9.17, 15) is 9.90 Å². The Morgan fingerprint density at radius 3 is 2.95 bits per heavy atom. The highest BCUT2D eigenvalue weighted by Crippen LogP contribution is 2.34. The predicted octanol–water partition coefficient (Wildman–Crippen LogP) is 2.35. The third kappa shape index (κ3) is 2.91. The number of rotatable bonds is 2. The molecule has 2 aliphatic rings. The smallest absolute Gasteiger partial charge is 0.230 e. The number of para-hydroxylation sites is 1. The molecule has 4 nitrogen and oxygen atoms in total. The van der Waals surface area contributed by atoms with Crippen LogP contribution in [0.1, 0.15) is 43.6 Å². The van der Waals surface area contributed by atoms with Gasteiger partial charge in [0.2, 0.25) is 5.91 Å². The first-order valence-corrected chi connectivity index (χ1v) is 8.05. The molecule has 1 fully saturated rings. The van der Waals surface area contributed by atoms with E-state index in [0.717, 1.165) is 56.4 Å². The van der Waals surface area contributed by atoms with E-state index < -0.39 is 0 Å². The van der Waals surface area contributed by atoms with E-state index in [1.807, 2.05) is 23.1 Å². The Labute approximate surface area is 126 Å². The fourth-order valence-corrected chi connectivity index (χ4v) is 3.58. The van der Waals surface area contributed by atoms with Crippen LogP contribution in [0.3, 0.4) is 0 Å². The Balaban J connectivity index is 1.84. The van der Waals surface area contributed by atoms with Crippen molar-refractivity contribution in [1.29, 1.82) is 0 Å². The molecule has 4 heteroatoms. The average Bonchev–Trinajstić information content (AvgIpc) is 2.79. The molecule has 0 bridgehead atoms. The van der Waals surface area contributed by atoms with E-state index in [2.05, 4.69) is 11.4 Å². The Bertz CT molecular complexity index is 503. The fourth-order valence-electron chi connectivity index (χ4n) is 3.58.